The summed E-state index contributed by atoms with van der Waals surface area (Å²) in [7, 11) is 2.07. The van der Waals surface area contributed by atoms with Crippen LogP contribution in [-0.4, -0.2) is 46.8 Å². The predicted molar refractivity (Wildman–Crippen MR) is 96.2 cm³/mol. The first-order valence-electron chi connectivity index (χ1n) is 8.58. The van der Waals surface area contributed by atoms with E-state index >= 15 is 0 Å². The molecule has 1 aromatic heterocycles. The van der Waals surface area contributed by atoms with Crippen LogP contribution in [0.25, 0.3) is 10.9 Å². The summed E-state index contributed by atoms with van der Waals surface area (Å²) in [6.45, 7) is 8.02. The Morgan fingerprint density at radius 3 is 2.83 bits per heavy atom. The van der Waals surface area contributed by atoms with Crippen molar-refractivity contribution in [3.63, 3.8) is 0 Å². The van der Waals surface area contributed by atoms with E-state index in [-0.39, 0.29) is 12.1 Å². The van der Waals surface area contributed by atoms with E-state index in [4.69, 9.17) is 4.74 Å². The van der Waals surface area contributed by atoms with Crippen LogP contribution in [0.2, 0.25) is 0 Å². The van der Waals surface area contributed by atoms with Crippen LogP contribution in [0, 0.1) is 0 Å². The molecule has 5 nitrogen and oxygen atoms in total. The zero-order chi connectivity index (χ0) is 17.3. The molecule has 1 unspecified atom stereocenters. The Kier molecular flexibility index (Phi) is 4.54. The van der Waals surface area contributed by atoms with Gasteiger partial charge in [-0.2, -0.15) is 0 Å². The van der Waals surface area contributed by atoms with Crippen LogP contribution in [0.4, 0.5) is 4.79 Å². The summed E-state index contributed by atoms with van der Waals surface area (Å²) in [5.41, 5.74) is 2.03. The number of fused-ring (bicyclic) bond motifs is 1. The molecule has 1 N–H and O–H groups in total. The summed E-state index contributed by atoms with van der Waals surface area (Å²) in [4.78, 5) is 14.4. The van der Waals surface area contributed by atoms with Gasteiger partial charge in [-0.1, -0.05) is 18.2 Å². The Bertz CT molecular complexity index is 730. The standard InChI is InChI=1S/C19H27N3O2/c1-19(2,3)24-18(23)22-10-9-20-12-15(22)11-14-13-21(4)17-8-6-5-7-16(14)17/h5-8,13,15,20H,9-12H2,1-4H3. The number of aromatic nitrogens is 1. The first kappa shape index (κ1) is 16.8. The van der Waals surface area contributed by atoms with Crippen LogP contribution in [-0.2, 0) is 18.2 Å². The summed E-state index contributed by atoms with van der Waals surface area (Å²) in [5, 5.41) is 4.66. The topological polar surface area (TPSA) is 46.5 Å². The number of nitrogens with zero attached hydrogens (tertiary/aromatic N) is 2. The lowest BCUT2D eigenvalue weighted by Gasteiger charge is -2.37. The fourth-order valence-corrected chi connectivity index (χ4v) is 3.35. The summed E-state index contributed by atoms with van der Waals surface area (Å²) in [6, 6.07) is 8.51. The molecular formula is C19H27N3O2. The second kappa shape index (κ2) is 6.48. The maximum Gasteiger partial charge on any atom is 0.410 e. The quantitative estimate of drug-likeness (QED) is 0.921. The molecule has 1 aromatic carbocycles. The van der Waals surface area contributed by atoms with Crippen molar-refractivity contribution in [2.24, 2.45) is 7.05 Å². The lowest BCUT2D eigenvalue weighted by molar-refractivity contribution is 0.0122. The Morgan fingerprint density at radius 2 is 2.08 bits per heavy atom. The number of piperazine rings is 1. The fraction of sp³-hybridized carbons (Fsp3) is 0.526. The van der Waals surface area contributed by atoms with Gasteiger partial charge in [-0.25, -0.2) is 4.79 Å². The van der Waals surface area contributed by atoms with Crippen molar-refractivity contribution >= 4 is 17.0 Å². The van der Waals surface area contributed by atoms with Gasteiger partial charge in [0, 0.05) is 43.8 Å². The highest BCUT2D eigenvalue weighted by molar-refractivity contribution is 5.84. The van der Waals surface area contributed by atoms with Crippen molar-refractivity contribution in [3.05, 3.63) is 36.0 Å². The van der Waals surface area contributed by atoms with Crippen molar-refractivity contribution in [2.45, 2.75) is 38.8 Å². The van der Waals surface area contributed by atoms with Crippen molar-refractivity contribution < 1.29 is 9.53 Å². The third kappa shape index (κ3) is 3.56. The van der Waals surface area contributed by atoms with Gasteiger partial charge in [0.2, 0.25) is 0 Å². The number of carbonyl (C=O) groups excluding carboxylic acids is 1. The van der Waals surface area contributed by atoms with Gasteiger partial charge in [0.1, 0.15) is 5.60 Å². The Labute approximate surface area is 143 Å². The van der Waals surface area contributed by atoms with Crippen LogP contribution in [0.15, 0.2) is 30.5 Å². The monoisotopic (exact) mass is 329 g/mol. The summed E-state index contributed by atoms with van der Waals surface area (Å²) < 4.78 is 7.74. The van der Waals surface area contributed by atoms with E-state index < -0.39 is 5.60 Å². The molecule has 1 amide bonds. The molecular weight excluding hydrogens is 302 g/mol. The molecule has 2 heterocycles. The molecule has 1 atom stereocenters. The first-order chi connectivity index (χ1) is 11.3. The number of hydrogen-bond acceptors (Lipinski definition) is 3. The van der Waals surface area contributed by atoms with E-state index in [1.165, 1.54) is 16.5 Å². The van der Waals surface area contributed by atoms with E-state index in [0.717, 1.165) is 19.5 Å². The SMILES string of the molecule is Cn1cc(CC2CNCCN2C(=O)OC(C)(C)C)c2ccccc21. The van der Waals surface area contributed by atoms with Crippen LogP contribution >= 0.6 is 0 Å². The minimum absolute atomic E-state index is 0.111. The number of hydrogen-bond donors (Lipinski definition) is 1. The first-order valence-corrected chi connectivity index (χ1v) is 8.58. The minimum Gasteiger partial charge on any atom is -0.444 e. The number of amides is 1. The number of ether oxygens (including phenoxy) is 1. The van der Waals surface area contributed by atoms with E-state index in [9.17, 15) is 4.79 Å². The van der Waals surface area contributed by atoms with Crippen LogP contribution in [0.5, 0.6) is 0 Å². The Balaban J connectivity index is 1.82. The van der Waals surface area contributed by atoms with E-state index in [1.54, 1.807) is 0 Å². The van der Waals surface area contributed by atoms with Gasteiger partial charge in [-0.05, 0) is 38.8 Å². The average Bonchev–Trinajstić information content (AvgIpc) is 2.83. The van der Waals surface area contributed by atoms with Gasteiger partial charge in [0.05, 0.1) is 6.04 Å². The lowest BCUT2D eigenvalue weighted by atomic mass is 10.0. The normalized spacial score (nSPS) is 18.8. The fourth-order valence-electron chi connectivity index (χ4n) is 3.35. The molecule has 1 aliphatic rings. The molecule has 130 valence electrons. The van der Waals surface area contributed by atoms with E-state index in [0.29, 0.717) is 6.54 Å². The van der Waals surface area contributed by atoms with Gasteiger partial charge >= 0.3 is 6.09 Å². The minimum atomic E-state index is -0.466. The summed E-state index contributed by atoms with van der Waals surface area (Å²) in [6.07, 6.45) is 2.79. The highest BCUT2D eigenvalue weighted by Crippen LogP contribution is 2.24. The van der Waals surface area contributed by atoms with Crippen molar-refractivity contribution in [1.29, 1.82) is 0 Å². The third-order valence-corrected chi connectivity index (χ3v) is 4.41. The van der Waals surface area contributed by atoms with Gasteiger partial charge in [0.25, 0.3) is 0 Å². The number of para-hydroxylation sites is 1. The molecule has 0 saturated carbocycles. The molecule has 5 heteroatoms. The number of nitrogens with one attached hydrogen (secondary N) is 1. The maximum atomic E-state index is 12.6. The molecule has 0 bridgehead atoms. The van der Waals surface area contributed by atoms with E-state index in [2.05, 4.69) is 47.4 Å². The van der Waals surface area contributed by atoms with Crippen LogP contribution in [0.3, 0.4) is 0 Å². The Morgan fingerprint density at radius 1 is 1.33 bits per heavy atom. The van der Waals surface area contributed by atoms with Gasteiger partial charge in [-0.15, -0.1) is 0 Å². The summed E-state index contributed by atoms with van der Waals surface area (Å²) >= 11 is 0. The van der Waals surface area contributed by atoms with Crippen molar-refractivity contribution in [1.82, 2.24) is 14.8 Å². The zero-order valence-corrected chi connectivity index (χ0v) is 15.0. The average molecular weight is 329 g/mol. The van der Waals surface area contributed by atoms with E-state index in [1.807, 2.05) is 25.7 Å². The molecule has 1 aliphatic heterocycles. The number of benzene rings is 1. The van der Waals surface area contributed by atoms with Crippen LogP contribution in [0.1, 0.15) is 26.3 Å². The second-order valence-electron chi connectivity index (χ2n) is 7.52. The molecule has 0 aliphatic carbocycles. The molecule has 3 rings (SSSR count). The van der Waals surface area contributed by atoms with Gasteiger partial charge < -0.3 is 19.5 Å². The third-order valence-electron chi connectivity index (χ3n) is 4.41. The maximum absolute atomic E-state index is 12.6. The molecule has 0 radical (unpaired) electrons. The molecule has 1 fully saturated rings. The second-order valence-corrected chi connectivity index (χ2v) is 7.52. The smallest absolute Gasteiger partial charge is 0.410 e. The van der Waals surface area contributed by atoms with Crippen molar-refractivity contribution in [2.75, 3.05) is 19.6 Å². The van der Waals surface area contributed by atoms with Gasteiger partial charge in [0.15, 0.2) is 0 Å². The number of aryl methyl sites for hydroxylation is 1. The highest BCUT2D eigenvalue weighted by Gasteiger charge is 2.31. The molecule has 2 aromatic rings. The molecule has 0 spiro atoms. The Hall–Kier alpha value is -2.01. The van der Waals surface area contributed by atoms with Crippen LogP contribution < -0.4 is 5.32 Å². The zero-order valence-electron chi connectivity index (χ0n) is 15.0. The van der Waals surface area contributed by atoms with Gasteiger partial charge in [-0.3, -0.25) is 0 Å². The molecule has 24 heavy (non-hydrogen) atoms. The number of rotatable bonds is 2. The predicted octanol–water partition coefficient (Wildman–Crippen LogP) is 2.93. The van der Waals surface area contributed by atoms with Crippen molar-refractivity contribution in [3.8, 4) is 0 Å². The largest absolute Gasteiger partial charge is 0.444 e. The lowest BCUT2D eigenvalue weighted by Crippen LogP contribution is -2.55. The number of carbonyl (C=O) groups is 1. The highest BCUT2D eigenvalue weighted by atomic mass is 16.6. The summed E-state index contributed by atoms with van der Waals surface area (Å²) in [5.74, 6) is 0. The molecule has 1 saturated heterocycles.